The molecule has 0 spiro atoms. The Balaban J connectivity index is 1.56. The third kappa shape index (κ3) is 4.08. The molecule has 2 aromatic rings. The zero-order valence-corrected chi connectivity index (χ0v) is 15.1. The molecule has 5 nitrogen and oxygen atoms in total. The summed E-state index contributed by atoms with van der Waals surface area (Å²) in [4.78, 5) is 0.390. The van der Waals surface area contributed by atoms with Gasteiger partial charge < -0.3 is 4.57 Å². The van der Waals surface area contributed by atoms with E-state index < -0.39 is 9.84 Å². The summed E-state index contributed by atoms with van der Waals surface area (Å²) in [5.74, 6) is 2.42. The molecular weight excluding hydrogens is 342 g/mol. The Bertz CT molecular complexity index is 796. The van der Waals surface area contributed by atoms with Crippen LogP contribution < -0.4 is 0 Å². The number of allylic oxidation sites excluding steroid dienone is 1. The first-order valence-electron chi connectivity index (χ1n) is 8.06. The lowest BCUT2D eigenvalue weighted by Crippen LogP contribution is -2.08. The minimum atomic E-state index is -3.21. The van der Waals surface area contributed by atoms with Crippen molar-refractivity contribution < 1.29 is 8.42 Å². The van der Waals surface area contributed by atoms with Crippen LogP contribution in [0.1, 0.15) is 31.0 Å². The number of sulfone groups is 1. The highest BCUT2D eigenvalue weighted by atomic mass is 32.2. The van der Waals surface area contributed by atoms with Crippen LogP contribution in [0.25, 0.3) is 0 Å². The van der Waals surface area contributed by atoms with Gasteiger partial charge in [-0.2, -0.15) is 0 Å². The zero-order chi connectivity index (χ0) is 17.0. The summed E-state index contributed by atoms with van der Waals surface area (Å²) in [6, 6.07) is 8.60. The van der Waals surface area contributed by atoms with Gasteiger partial charge in [-0.05, 0) is 31.4 Å². The Labute approximate surface area is 147 Å². The van der Waals surface area contributed by atoms with Crippen molar-refractivity contribution in [3.63, 3.8) is 0 Å². The first-order valence-corrected chi connectivity index (χ1v) is 10.7. The van der Waals surface area contributed by atoms with Gasteiger partial charge in [0.25, 0.3) is 0 Å². The molecule has 1 aliphatic rings. The van der Waals surface area contributed by atoms with Gasteiger partial charge in [0.1, 0.15) is 5.82 Å². The van der Waals surface area contributed by atoms with Gasteiger partial charge in [0.15, 0.2) is 15.0 Å². The van der Waals surface area contributed by atoms with Gasteiger partial charge in [0, 0.05) is 18.2 Å². The van der Waals surface area contributed by atoms with Crippen LogP contribution in [0.3, 0.4) is 0 Å². The van der Waals surface area contributed by atoms with E-state index in [4.69, 9.17) is 0 Å². The summed E-state index contributed by atoms with van der Waals surface area (Å²) in [5, 5.41) is 9.42. The predicted molar refractivity (Wildman–Crippen MR) is 96.0 cm³/mol. The lowest BCUT2D eigenvalue weighted by molar-refractivity contribution is 0.595. The Hall–Kier alpha value is -1.60. The highest BCUT2D eigenvalue weighted by Crippen LogP contribution is 2.40. The average Bonchev–Trinajstić information content (AvgIpc) is 3.35. The third-order valence-electron chi connectivity index (χ3n) is 3.89. The van der Waals surface area contributed by atoms with E-state index in [1.54, 1.807) is 36.0 Å². The molecule has 1 fully saturated rings. The van der Waals surface area contributed by atoms with Crippen LogP contribution in [-0.2, 0) is 16.4 Å². The average molecular weight is 364 g/mol. The molecule has 7 heteroatoms. The molecule has 1 aromatic carbocycles. The molecule has 0 atom stereocenters. The molecule has 24 heavy (non-hydrogen) atoms. The van der Waals surface area contributed by atoms with Crippen LogP contribution >= 0.6 is 11.8 Å². The first kappa shape index (κ1) is 17.2. The number of benzene rings is 1. The monoisotopic (exact) mass is 363 g/mol. The van der Waals surface area contributed by atoms with E-state index in [0.29, 0.717) is 29.5 Å². The van der Waals surface area contributed by atoms with Crippen LogP contribution in [0.15, 0.2) is 53.0 Å². The van der Waals surface area contributed by atoms with Gasteiger partial charge in [-0.25, -0.2) is 8.42 Å². The van der Waals surface area contributed by atoms with Crippen molar-refractivity contribution in [1.29, 1.82) is 0 Å². The van der Waals surface area contributed by atoms with Crippen LogP contribution in [0.4, 0.5) is 0 Å². The number of thioether (sulfide) groups is 1. The number of rotatable bonds is 9. The summed E-state index contributed by atoms with van der Waals surface area (Å²) in [5.41, 5.74) is 0. The second-order valence-electron chi connectivity index (χ2n) is 5.85. The molecule has 0 bridgehead atoms. The molecule has 1 aromatic heterocycles. The fraction of sp³-hybridized carbons (Fsp3) is 0.412. The molecule has 3 rings (SSSR count). The summed E-state index contributed by atoms with van der Waals surface area (Å²) >= 11 is 1.57. The van der Waals surface area contributed by atoms with Gasteiger partial charge >= 0.3 is 0 Å². The minimum Gasteiger partial charge on any atom is -0.302 e. The zero-order valence-electron chi connectivity index (χ0n) is 13.5. The smallest absolute Gasteiger partial charge is 0.191 e. The van der Waals surface area contributed by atoms with Gasteiger partial charge in [-0.1, -0.05) is 36.0 Å². The summed E-state index contributed by atoms with van der Waals surface area (Å²) < 4.78 is 26.6. The normalized spacial score (nSPS) is 14.7. The third-order valence-corrected chi connectivity index (χ3v) is 6.76. The maximum Gasteiger partial charge on any atom is 0.191 e. The minimum absolute atomic E-state index is 0.148. The molecule has 0 aliphatic heterocycles. The molecule has 128 valence electrons. The molecule has 0 amide bonds. The summed E-state index contributed by atoms with van der Waals surface area (Å²) in [6.07, 6.45) is 4.78. The van der Waals surface area contributed by atoms with Crippen molar-refractivity contribution in [3.8, 4) is 0 Å². The van der Waals surface area contributed by atoms with Crippen molar-refractivity contribution in [2.45, 2.75) is 41.8 Å². The van der Waals surface area contributed by atoms with Crippen molar-refractivity contribution in [3.05, 3.63) is 48.8 Å². The van der Waals surface area contributed by atoms with E-state index >= 15 is 0 Å². The first-order chi connectivity index (χ1) is 11.6. The Morgan fingerprint density at radius 1 is 1.25 bits per heavy atom. The van der Waals surface area contributed by atoms with Crippen LogP contribution in [0.5, 0.6) is 0 Å². The van der Waals surface area contributed by atoms with Crippen LogP contribution in [0, 0.1) is 0 Å². The fourth-order valence-electron chi connectivity index (χ4n) is 2.51. The van der Waals surface area contributed by atoms with Gasteiger partial charge in [0.05, 0.1) is 10.6 Å². The lowest BCUT2D eigenvalue weighted by Gasteiger charge is -2.07. The fourth-order valence-corrected chi connectivity index (χ4v) is 4.92. The second kappa shape index (κ2) is 7.53. The molecule has 1 saturated carbocycles. The van der Waals surface area contributed by atoms with Crippen LogP contribution in [-0.4, -0.2) is 34.7 Å². The lowest BCUT2D eigenvalue weighted by atomic mass is 10.4. The molecule has 1 heterocycles. The molecule has 1 aliphatic carbocycles. The number of hydrogen-bond acceptors (Lipinski definition) is 5. The van der Waals surface area contributed by atoms with E-state index in [1.165, 1.54) is 12.8 Å². The molecule has 0 saturated heterocycles. The quantitative estimate of drug-likeness (QED) is 0.388. The van der Waals surface area contributed by atoms with E-state index in [2.05, 4.69) is 21.3 Å². The van der Waals surface area contributed by atoms with Gasteiger partial charge in [0.2, 0.25) is 0 Å². The van der Waals surface area contributed by atoms with Crippen molar-refractivity contribution in [1.82, 2.24) is 14.8 Å². The number of aromatic nitrogens is 3. The highest BCUT2D eigenvalue weighted by Gasteiger charge is 2.30. The van der Waals surface area contributed by atoms with Crippen molar-refractivity contribution in [2.24, 2.45) is 0 Å². The molecule has 0 unspecified atom stereocenters. The molecule has 0 N–H and O–H groups in total. The van der Waals surface area contributed by atoms with E-state index in [-0.39, 0.29) is 5.75 Å². The SMILES string of the molecule is C=CCn1c(SCCCS(=O)(=O)c2ccccc2)nnc1C1CC1. The van der Waals surface area contributed by atoms with Gasteiger partial charge in [-0.3, -0.25) is 0 Å². The van der Waals surface area contributed by atoms with Crippen LogP contribution in [0.2, 0.25) is 0 Å². The molecular formula is C17H21N3O2S2. The van der Waals surface area contributed by atoms with Crippen molar-refractivity contribution in [2.75, 3.05) is 11.5 Å². The summed E-state index contributed by atoms with van der Waals surface area (Å²) in [6.45, 7) is 4.49. The van der Waals surface area contributed by atoms with E-state index in [1.807, 2.05) is 12.1 Å². The highest BCUT2D eigenvalue weighted by molar-refractivity contribution is 7.99. The maximum absolute atomic E-state index is 12.3. The van der Waals surface area contributed by atoms with E-state index in [9.17, 15) is 8.42 Å². The Morgan fingerprint density at radius 3 is 2.67 bits per heavy atom. The van der Waals surface area contributed by atoms with Gasteiger partial charge in [-0.15, -0.1) is 16.8 Å². The Kier molecular flexibility index (Phi) is 5.40. The topological polar surface area (TPSA) is 64.8 Å². The Morgan fingerprint density at radius 2 is 2.00 bits per heavy atom. The standard InChI is InChI=1S/C17H21N3O2S2/c1-2-11-20-16(14-9-10-14)18-19-17(20)23-12-6-13-24(21,22)15-7-4-3-5-8-15/h2-5,7-8,14H,1,6,9-13H2. The number of hydrogen-bond donors (Lipinski definition) is 0. The van der Waals surface area contributed by atoms with Crippen molar-refractivity contribution >= 4 is 21.6 Å². The molecule has 0 radical (unpaired) electrons. The van der Waals surface area contributed by atoms with E-state index in [0.717, 1.165) is 11.0 Å². The number of nitrogens with zero attached hydrogens (tertiary/aromatic N) is 3. The maximum atomic E-state index is 12.3. The largest absolute Gasteiger partial charge is 0.302 e. The predicted octanol–water partition coefficient (Wildman–Crippen LogP) is 3.30. The summed E-state index contributed by atoms with van der Waals surface area (Å²) in [7, 11) is -3.21. The second-order valence-corrected chi connectivity index (χ2v) is 9.02.